The minimum atomic E-state index is -4.41. The van der Waals surface area contributed by atoms with E-state index in [4.69, 9.17) is 9.47 Å². The van der Waals surface area contributed by atoms with Gasteiger partial charge in [0.05, 0.1) is 25.0 Å². The molecule has 0 unspecified atom stereocenters. The van der Waals surface area contributed by atoms with Crippen LogP contribution >= 0.6 is 0 Å². The molecule has 0 bridgehead atoms. The van der Waals surface area contributed by atoms with Gasteiger partial charge in [-0.05, 0) is 18.2 Å². The first-order chi connectivity index (χ1) is 12.9. The van der Waals surface area contributed by atoms with Gasteiger partial charge in [0.1, 0.15) is 0 Å². The second kappa shape index (κ2) is 6.93. The third-order valence-electron chi connectivity index (χ3n) is 4.65. The van der Waals surface area contributed by atoms with E-state index in [1.165, 1.54) is 18.3 Å². The lowest BCUT2D eigenvalue weighted by molar-refractivity contribution is -0.169. The van der Waals surface area contributed by atoms with Gasteiger partial charge in [-0.1, -0.05) is 6.07 Å². The van der Waals surface area contributed by atoms with E-state index in [0.29, 0.717) is 45.0 Å². The molecule has 2 aliphatic heterocycles. The molecule has 10 heteroatoms. The van der Waals surface area contributed by atoms with Crippen molar-refractivity contribution in [3.8, 4) is 0 Å². The van der Waals surface area contributed by atoms with Gasteiger partial charge in [0, 0.05) is 31.6 Å². The Morgan fingerprint density at radius 2 is 1.85 bits per heavy atom. The maximum Gasteiger partial charge on any atom is 0.416 e. The average molecular weight is 381 g/mol. The zero-order valence-electron chi connectivity index (χ0n) is 14.4. The van der Waals surface area contributed by atoms with Gasteiger partial charge >= 0.3 is 6.18 Å². The second-order valence-electron chi connectivity index (χ2n) is 6.44. The van der Waals surface area contributed by atoms with Crippen LogP contribution in [0, 0.1) is 0 Å². The molecule has 1 spiro atoms. The third-order valence-corrected chi connectivity index (χ3v) is 4.65. The number of nitrogens with one attached hydrogen (secondary N) is 1. The van der Waals surface area contributed by atoms with E-state index in [1.54, 1.807) is 0 Å². The molecule has 4 rings (SSSR count). The number of halogens is 3. The van der Waals surface area contributed by atoms with Crippen molar-refractivity contribution in [2.24, 2.45) is 0 Å². The molecule has 3 heterocycles. The van der Waals surface area contributed by atoms with E-state index in [-0.39, 0.29) is 11.6 Å². The predicted molar refractivity (Wildman–Crippen MR) is 90.6 cm³/mol. The van der Waals surface area contributed by atoms with Crippen molar-refractivity contribution >= 4 is 17.5 Å². The summed E-state index contributed by atoms with van der Waals surface area (Å²) in [6.45, 7) is 2.59. The minimum Gasteiger partial charge on any atom is -0.355 e. The van der Waals surface area contributed by atoms with E-state index in [2.05, 4.69) is 20.5 Å². The topological polar surface area (TPSA) is 72.4 Å². The van der Waals surface area contributed by atoms with Crippen LogP contribution in [0.2, 0.25) is 0 Å². The summed E-state index contributed by atoms with van der Waals surface area (Å²) in [4.78, 5) is 6.41. The molecule has 1 aromatic carbocycles. The summed E-state index contributed by atoms with van der Waals surface area (Å²) in [6.07, 6.45) is -1.45. The van der Waals surface area contributed by atoms with Crippen LogP contribution < -0.4 is 10.2 Å². The molecule has 7 nitrogen and oxygen atoms in total. The van der Waals surface area contributed by atoms with E-state index in [9.17, 15) is 13.2 Å². The smallest absolute Gasteiger partial charge is 0.355 e. The van der Waals surface area contributed by atoms with Crippen LogP contribution in [0.1, 0.15) is 18.4 Å². The quantitative estimate of drug-likeness (QED) is 0.876. The first-order valence-corrected chi connectivity index (χ1v) is 8.60. The van der Waals surface area contributed by atoms with E-state index < -0.39 is 17.5 Å². The SMILES string of the molecule is FC(F)(F)c1cccc(Nc2nncc(N3CCC4(CC3)OCCO4)n2)c1. The zero-order valence-corrected chi connectivity index (χ0v) is 14.4. The van der Waals surface area contributed by atoms with Gasteiger partial charge in [0.15, 0.2) is 11.6 Å². The fourth-order valence-corrected chi connectivity index (χ4v) is 3.26. The molecule has 27 heavy (non-hydrogen) atoms. The summed E-state index contributed by atoms with van der Waals surface area (Å²) in [5.74, 6) is 0.253. The largest absolute Gasteiger partial charge is 0.416 e. The van der Waals surface area contributed by atoms with Gasteiger partial charge in [0.25, 0.3) is 0 Å². The monoisotopic (exact) mass is 381 g/mol. The van der Waals surface area contributed by atoms with Crippen LogP contribution in [0.5, 0.6) is 0 Å². The number of anilines is 3. The summed E-state index contributed by atoms with van der Waals surface area (Å²) in [6, 6.07) is 4.87. The molecule has 1 N–H and O–H groups in total. The molecular formula is C17H18F3N5O2. The molecule has 2 aliphatic rings. The molecule has 0 aliphatic carbocycles. The Morgan fingerprint density at radius 1 is 1.11 bits per heavy atom. The maximum absolute atomic E-state index is 12.8. The first-order valence-electron chi connectivity index (χ1n) is 8.60. The van der Waals surface area contributed by atoms with Gasteiger partial charge in [-0.25, -0.2) is 0 Å². The Morgan fingerprint density at radius 3 is 2.56 bits per heavy atom. The lowest BCUT2D eigenvalue weighted by Crippen LogP contribution is -2.45. The zero-order chi connectivity index (χ0) is 18.9. The summed E-state index contributed by atoms with van der Waals surface area (Å²) < 4.78 is 49.9. The predicted octanol–water partition coefficient (Wildman–Crippen LogP) is 2.98. The van der Waals surface area contributed by atoms with E-state index in [0.717, 1.165) is 12.1 Å². The number of hydrogen-bond acceptors (Lipinski definition) is 7. The summed E-state index contributed by atoms with van der Waals surface area (Å²) in [5.41, 5.74) is -0.497. The first kappa shape index (κ1) is 17.9. The number of alkyl halides is 3. The molecular weight excluding hydrogens is 363 g/mol. The van der Waals surface area contributed by atoms with Crippen LogP contribution in [-0.2, 0) is 15.7 Å². The number of aromatic nitrogens is 3. The van der Waals surface area contributed by atoms with E-state index in [1.807, 2.05) is 4.90 Å². The van der Waals surface area contributed by atoms with Gasteiger partial charge in [-0.2, -0.15) is 23.3 Å². The Balaban J connectivity index is 1.45. The Labute approximate surface area is 153 Å². The van der Waals surface area contributed by atoms with Crippen molar-refractivity contribution in [2.75, 3.05) is 36.5 Å². The second-order valence-corrected chi connectivity index (χ2v) is 6.44. The molecule has 0 saturated carbocycles. The Hall–Kier alpha value is -2.46. The molecule has 0 radical (unpaired) electrons. The average Bonchev–Trinajstić information content (AvgIpc) is 3.10. The molecule has 0 amide bonds. The summed E-state index contributed by atoms with van der Waals surface area (Å²) >= 11 is 0. The van der Waals surface area contributed by atoms with Crippen LogP contribution in [0.15, 0.2) is 30.5 Å². The summed E-state index contributed by atoms with van der Waals surface area (Å²) in [5, 5.41) is 10.6. The molecule has 0 atom stereocenters. The van der Waals surface area contributed by atoms with Crippen molar-refractivity contribution in [3.63, 3.8) is 0 Å². The van der Waals surface area contributed by atoms with Crippen LogP contribution in [0.3, 0.4) is 0 Å². The Kier molecular flexibility index (Phi) is 4.60. The number of piperidine rings is 1. The van der Waals surface area contributed by atoms with Crippen molar-refractivity contribution in [2.45, 2.75) is 24.8 Å². The molecule has 2 saturated heterocycles. The van der Waals surface area contributed by atoms with Gasteiger partial charge < -0.3 is 19.7 Å². The highest BCUT2D eigenvalue weighted by Gasteiger charge is 2.40. The molecule has 1 aromatic heterocycles. The Bertz CT molecular complexity index is 801. The van der Waals surface area contributed by atoms with Crippen molar-refractivity contribution in [1.29, 1.82) is 0 Å². The van der Waals surface area contributed by atoms with Crippen LogP contribution in [-0.4, -0.2) is 47.3 Å². The fraction of sp³-hybridized carbons (Fsp3) is 0.471. The van der Waals surface area contributed by atoms with Crippen LogP contribution in [0.25, 0.3) is 0 Å². The number of benzene rings is 1. The maximum atomic E-state index is 12.8. The minimum absolute atomic E-state index is 0.139. The molecule has 2 aromatic rings. The molecule has 144 valence electrons. The number of nitrogens with zero attached hydrogens (tertiary/aromatic N) is 4. The lowest BCUT2D eigenvalue weighted by Gasteiger charge is -2.37. The van der Waals surface area contributed by atoms with Crippen LogP contribution in [0.4, 0.5) is 30.6 Å². The van der Waals surface area contributed by atoms with Crippen molar-refractivity contribution in [3.05, 3.63) is 36.0 Å². The fourth-order valence-electron chi connectivity index (χ4n) is 3.26. The van der Waals surface area contributed by atoms with Gasteiger partial charge in [-0.3, -0.25) is 0 Å². The number of rotatable bonds is 3. The highest BCUT2D eigenvalue weighted by Crippen LogP contribution is 2.33. The summed E-state index contributed by atoms with van der Waals surface area (Å²) in [7, 11) is 0. The normalized spacial score (nSPS) is 19.4. The van der Waals surface area contributed by atoms with Gasteiger partial charge in [-0.15, -0.1) is 5.10 Å². The molecule has 2 fully saturated rings. The number of hydrogen-bond donors (Lipinski definition) is 1. The standard InChI is InChI=1S/C17H18F3N5O2/c18-17(19,20)12-2-1-3-13(10-12)22-15-23-14(11-21-24-15)25-6-4-16(5-7-25)26-8-9-27-16/h1-3,10-11H,4-9H2,(H,22,23,24). The number of ether oxygens (including phenoxy) is 2. The third kappa shape index (κ3) is 3.96. The van der Waals surface area contributed by atoms with Gasteiger partial charge in [0.2, 0.25) is 5.95 Å². The lowest BCUT2D eigenvalue weighted by atomic mass is 10.0. The van der Waals surface area contributed by atoms with Crippen molar-refractivity contribution < 1.29 is 22.6 Å². The highest BCUT2D eigenvalue weighted by atomic mass is 19.4. The van der Waals surface area contributed by atoms with Crippen molar-refractivity contribution in [1.82, 2.24) is 15.2 Å². The van der Waals surface area contributed by atoms with E-state index >= 15 is 0 Å². The highest BCUT2D eigenvalue weighted by molar-refractivity contribution is 5.55.